The number of hydrogen-bond acceptors (Lipinski definition) is 5. The van der Waals surface area contributed by atoms with E-state index in [0.717, 1.165) is 10.4 Å². The van der Waals surface area contributed by atoms with Gasteiger partial charge in [-0.25, -0.2) is 4.98 Å². The van der Waals surface area contributed by atoms with Gasteiger partial charge >= 0.3 is 0 Å². The number of rotatable bonds is 5. The second-order valence-corrected chi connectivity index (χ2v) is 7.18. The predicted molar refractivity (Wildman–Crippen MR) is 102 cm³/mol. The highest BCUT2D eigenvalue weighted by Gasteiger charge is 2.14. The fourth-order valence-electron chi connectivity index (χ4n) is 2.25. The second-order valence-electron chi connectivity index (χ2n) is 5.28. The molecule has 1 amide bonds. The normalized spacial score (nSPS) is 10.5. The molecular formula is C17H11Cl2N3O3S. The van der Waals surface area contributed by atoms with E-state index in [4.69, 9.17) is 23.2 Å². The van der Waals surface area contributed by atoms with E-state index in [-0.39, 0.29) is 11.3 Å². The molecule has 0 bridgehead atoms. The lowest BCUT2D eigenvalue weighted by Crippen LogP contribution is -2.11. The maximum absolute atomic E-state index is 12.2. The number of hydrogen-bond donors (Lipinski definition) is 1. The Bertz CT molecular complexity index is 991. The number of nitro groups is 1. The first-order valence-electron chi connectivity index (χ1n) is 7.37. The first-order chi connectivity index (χ1) is 12.4. The summed E-state index contributed by atoms with van der Waals surface area (Å²) in [5.41, 5.74) is 0.904. The van der Waals surface area contributed by atoms with Crippen LogP contribution in [-0.4, -0.2) is 15.8 Å². The van der Waals surface area contributed by atoms with Gasteiger partial charge in [0.05, 0.1) is 15.0 Å². The number of carbonyl (C=O) groups is 1. The quantitative estimate of drug-likeness (QED) is 0.464. The Morgan fingerprint density at radius 1 is 1.23 bits per heavy atom. The van der Waals surface area contributed by atoms with Gasteiger partial charge < -0.3 is 0 Å². The van der Waals surface area contributed by atoms with Crippen LogP contribution in [0.5, 0.6) is 0 Å². The molecular weight excluding hydrogens is 397 g/mol. The third kappa shape index (κ3) is 4.19. The number of halogens is 2. The van der Waals surface area contributed by atoms with E-state index in [1.807, 2.05) is 12.1 Å². The summed E-state index contributed by atoms with van der Waals surface area (Å²) in [6.07, 6.45) is 2.18. The summed E-state index contributed by atoms with van der Waals surface area (Å²) < 4.78 is 0. The number of non-ortho nitro benzene ring substituents is 1. The minimum absolute atomic E-state index is 0.145. The van der Waals surface area contributed by atoms with Crippen LogP contribution in [0.15, 0.2) is 48.7 Å². The molecule has 0 unspecified atom stereocenters. The Morgan fingerprint density at radius 3 is 2.77 bits per heavy atom. The molecule has 3 aromatic rings. The van der Waals surface area contributed by atoms with Crippen LogP contribution in [-0.2, 0) is 6.42 Å². The van der Waals surface area contributed by atoms with Crippen molar-refractivity contribution in [1.29, 1.82) is 0 Å². The van der Waals surface area contributed by atoms with Gasteiger partial charge in [0.25, 0.3) is 11.6 Å². The molecule has 0 saturated carbocycles. The fourth-order valence-corrected chi connectivity index (χ4v) is 3.47. The van der Waals surface area contributed by atoms with E-state index in [1.54, 1.807) is 12.3 Å². The molecule has 1 aromatic heterocycles. The summed E-state index contributed by atoms with van der Waals surface area (Å²) in [6.45, 7) is 0. The zero-order valence-corrected chi connectivity index (χ0v) is 15.4. The monoisotopic (exact) mass is 407 g/mol. The van der Waals surface area contributed by atoms with Crippen molar-refractivity contribution >= 4 is 51.3 Å². The van der Waals surface area contributed by atoms with Gasteiger partial charge in [-0.2, -0.15) is 0 Å². The number of benzene rings is 2. The van der Waals surface area contributed by atoms with Crippen molar-refractivity contribution in [2.75, 3.05) is 5.32 Å². The van der Waals surface area contributed by atoms with Crippen molar-refractivity contribution in [1.82, 2.24) is 4.98 Å². The molecule has 0 spiro atoms. The largest absolute Gasteiger partial charge is 0.298 e. The van der Waals surface area contributed by atoms with Gasteiger partial charge in [0.1, 0.15) is 0 Å². The van der Waals surface area contributed by atoms with E-state index < -0.39 is 10.8 Å². The van der Waals surface area contributed by atoms with Crippen molar-refractivity contribution < 1.29 is 9.72 Å². The van der Waals surface area contributed by atoms with Crippen molar-refractivity contribution in [3.05, 3.63) is 84.8 Å². The van der Waals surface area contributed by atoms with E-state index in [9.17, 15) is 14.9 Å². The summed E-state index contributed by atoms with van der Waals surface area (Å²) in [5.74, 6) is -0.463. The molecule has 3 rings (SSSR count). The Hall–Kier alpha value is -2.48. The van der Waals surface area contributed by atoms with Gasteiger partial charge in [0, 0.05) is 35.2 Å². The van der Waals surface area contributed by atoms with Gasteiger partial charge in [-0.15, -0.1) is 11.3 Å². The van der Waals surface area contributed by atoms with Crippen LogP contribution in [0.4, 0.5) is 10.8 Å². The number of thiazole rings is 1. The summed E-state index contributed by atoms with van der Waals surface area (Å²) in [6, 6.07) is 10.9. The summed E-state index contributed by atoms with van der Waals surface area (Å²) >= 11 is 13.5. The molecule has 9 heteroatoms. The number of nitrogens with zero attached hydrogens (tertiary/aromatic N) is 2. The zero-order chi connectivity index (χ0) is 18.7. The minimum Gasteiger partial charge on any atom is -0.298 e. The standard InChI is InChI=1S/C17H11Cl2N3O3S/c18-14-6-2-3-10(15(14)19)8-13-9-20-17(26-13)21-16(23)11-4-1-5-12(7-11)22(24)25/h1-7,9H,8H2,(H,20,21,23). The SMILES string of the molecule is O=C(Nc1ncc(Cc2cccc(Cl)c2Cl)s1)c1cccc([N+](=O)[O-])c1. The van der Waals surface area contributed by atoms with Crippen molar-refractivity contribution in [2.45, 2.75) is 6.42 Å². The highest BCUT2D eigenvalue weighted by Crippen LogP contribution is 2.29. The molecule has 26 heavy (non-hydrogen) atoms. The number of aromatic nitrogens is 1. The molecule has 1 N–H and O–H groups in total. The van der Waals surface area contributed by atoms with Crippen molar-refractivity contribution in [3.63, 3.8) is 0 Å². The topological polar surface area (TPSA) is 85.1 Å². The zero-order valence-electron chi connectivity index (χ0n) is 13.1. The molecule has 0 radical (unpaired) electrons. The van der Waals surface area contributed by atoms with Crippen molar-refractivity contribution in [3.8, 4) is 0 Å². The smallest absolute Gasteiger partial charge is 0.270 e. The molecule has 0 saturated heterocycles. The lowest BCUT2D eigenvalue weighted by atomic mass is 10.1. The van der Waals surface area contributed by atoms with Gasteiger partial charge in [-0.1, -0.05) is 41.4 Å². The molecule has 0 aliphatic rings. The average Bonchev–Trinajstić information content (AvgIpc) is 3.06. The second kappa shape index (κ2) is 7.82. The lowest BCUT2D eigenvalue weighted by Gasteiger charge is -2.03. The van der Waals surface area contributed by atoms with Crippen LogP contribution >= 0.6 is 34.5 Å². The Kier molecular flexibility index (Phi) is 5.51. The highest BCUT2D eigenvalue weighted by molar-refractivity contribution is 7.15. The molecule has 6 nitrogen and oxygen atoms in total. The number of nitro benzene ring substituents is 1. The van der Waals surface area contributed by atoms with Crippen LogP contribution in [0.3, 0.4) is 0 Å². The molecule has 0 aliphatic heterocycles. The third-order valence-electron chi connectivity index (χ3n) is 3.49. The molecule has 132 valence electrons. The fraction of sp³-hybridized carbons (Fsp3) is 0.0588. The molecule has 2 aromatic carbocycles. The summed E-state index contributed by atoms with van der Waals surface area (Å²) in [5, 5.41) is 14.8. The molecule has 0 aliphatic carbocycles. The Morgan fingerprint density at radius 2 is 2.00 bits per heavy atom. The van der Waals surface area contributed by atoms with Crippen LogP contribution in [0.1, 0.15) is 20.8 Å². The number of anilines is 1. The minimum atomic E-state index is -0.549. The summed E-state index contributed by atoms with van der Waals surface area (Å²) in [4.78, 5) is 27.6. The van der Waals surface area contributed by atoms with Crippen LogP contribution in [0, 0.1) is 10.1 Å². The first kappa shape index (κ1) is 18.3. The predicted octanol–water partition coefficient (Wildman–Crippen LogP) is 5.20. The third-order valence-corrected chi connectivity index (χ3v) is 5.26. The van der Waals surface area contributed by atoms with Crippen LogP contribution < -0.4 is 5.32 Å². The maximum atomic E-state index is 12.2. The first-order valence-corrected chi connectivity index (χ1v) is 8.94. The van der Waals surface area contributed by atoms with Gasteiger partial charge in [-0.3, -0.25) is 20.2 Å². The molecule has 0 atom stereocenters. The van der Waals surface area contributed by atoms with E-state index in [2.05, 4.69) is 10.3 Å². The number of nitrogens with one attached hydrogen (secondary N) is 1. The average molecular weight is 408 g/mol. The Balaban J connectivity index is 1.72. The number of carbonyl (C=O) groups excluding carboxylic acids is 1. The van der Waals surface area contributed by atoms with Gasteiger partial charge in [-0.05, 0) is 17.7 Å². The van der Waals surface area contributed by atoms with E-state index >= 15 is 0 Å². The van der Waals surface area contributed by atoms with Crippen LogP contribution in [0.2, 0.25) is 10.0 Å². The van der Waals surface area contributed by atoms with Gasteiger partial charge in [0.15, 0.2) is 5.13 Å². The molecule has 1 heterocycles. The van der Waals surface area contributed by atoms with E-state index in [0.29, 0.717) is 21.6 Å². The summed E-state index contributed by atoms with van der Waals surface area (Å²) in [7, 11) is 0. The maximum Gasteiger partial charge on any atom is 0.270 e. The molecule has 0 fully saturated rings. The number of amides is 1. The Labute approximate surface area is 162 Å². The highest BCUT2D eigenvalue weighted by atomic mass is 35.5. The lowest BCUT2D eigenvalue weighted by molar-refractivity contribution is -0.384. The van der Waals surface area contributed by atoms with Crippen LogP contribution in [0.25, 0.3) is 0 Å². The van der Waals surface area contributed by atoms with Crippen molar-refractivity contribution in [2.24, 2.45) is 0 Å². The van der Waals surface area contributed by atoms with Gasteiger partial charge in [0.2, 0.25) is 0 Å². The van der Waals surface area contributed by atoms with E-state index in [1.165, 1.54) is 35.6 Å².